The first-order valence-electron chi connectivity index (χ1n) is 7.82. The molecule has 0 aliphatic heterocycles. The number of benzene rings is 1. The van der Waals surface area contributed by atoms with E-state index in [0.29, 0.717) is 23.4 Å². The lowest BCUT2D eigenvalue weighted by molar-refractivity contribution is 0.0951. The average molecular weight is 323 g/mol. The molecule has 2 heterocycles. The molecule has 1 amide bonds. The summed E-state index contributed by atoms with van der Waals surface area (Å²) in [7, 11) is 4.04. The molecule has 0 aliphatic carbocycles. The molecule has 3 aromatic rings. The zero-order chi connectivity index (χ0) is 17.3. The zero-order valence-corrected chi connectivity index (χ0v) is 14.4. The third-order valence-electron chi connectivity index (χ3n) is 3.99. The molecule has 24 heavy (non-hydrogen) atoms. The molecule has 0 unspecified atom stereocenters. The van der Waals surface area contributed by atoms with Crippen molar-refractivity contribution in [3.63, 3.8) is 0 Å². The van der Waals surface area contributed by atoms with Crippen LogP contribution in [0.4, 0.5) is 5.69 Å². The standard InChI is InChI=1S/C18H21N5O/c1-12-10-14(6-7-15(12)22(3)4)11-20-18(24)16-13(2)21-23-9-5-8-19-17(16)23/h5-10H,11H2,1-4H3,(H,20,24). The maximum absolute atomic E-state index is 12.6. The van der Waals surface area contributed by atoms with E-state index in [-0.39, 0.29) is 5.91 Å². The molecule has 6 nitrogen and oxygen atoms in total. The summed E-state index contributed by atoms with van der Waals surface area (Å²) in [4.78, 5) is 18.9. The summed E-state index contributed by atoms with van der Waals surface area (Å²) >= 11 is 0. The predicted octanol–water partition coefficient (Wildman–Crippen LogP) is 2.34. The molecule has 124 valence electrons. The van der Waals surface area contributed by atoms with Crippen LogP contribution in [0.3, 0.4) is 0 Å². The Labute approximate surface area is 141 Å². The molecule has 2 aromatic heterocycles. The minimum atomic E-state index is -0.157. The number of hydrogen-bond donors (Lipinski definition) is 1. The van der Waals surface area contributed by atoms with E-state index in [1.54, 1.807) is 23.0 Å². The molecular formula is C18H21N5O. The van der Waals surface area contributed by atoms with E-state index < -0.39 is 0 Å². The fraction of sp³-hybridized carbons (Fsp3) is 0.278. The van der Waals surface area contributed by atoms with E-state index in [1.807, 2.05) is 27.1 Å². The van der Waals surface area contributed by atoms with Crippen molar-refractivity contribution >= 4 is 17.2 Å². The van der Waals surface area contributed by atoms with Crippen LogP contribution >= 0.6 is 0 Å². The van der Waals surface area contributed by atoms with Crippen molar-refractivity contribution in [2.75, 3.05) is 19.0 Å². The summed E-state index contributed by atoms with van der Waals surface area (Å²) in [5, 5.41) is 7.29. The SMILES string of the molecule is Cc1cc(CNC(=O)c2c(C)nn3cccnc23)ccc1N(C)C. The van der Waals surface area contributed by atoms with E-state index in [2.05, 4.69) is 39.4 Å². The molecule has 0 spiro atoms. The summed E-state index contributed by atoms with van der Waals surface area (Å²) < 4.78 is 1.63. The second kappa shape index (κ2) is 6.31. The van der Waals surface area contributed by atoms with Crippen molar-refractivity contribution in [3.8, 4) is 0 Å². The van der Waals surface area contributed by atoms with Crippen LogP contribution in [-0.2, 0) is 6.54 Å². The van der Waals surface area contributed by atoms with Gasteiger partial charge in [0.15, 0.2) is 5.65 Å². The van der Waals surface area contributed by atoms with Gasteiger partial charge in [0.2, 0.25) is 0 Å². The van der Waals surface area contributed by atoms with Gasteiger partial charge >= 0.3 is 0 Å². The number of aromatic nitrogens is 3. The zero-order valence-electron chi connectivity index (χ0n) is 14.4. The predicted molar refractivity (Wildman–Crippen MR) is 94.4 cm³/mol. The number of nitrogens with one attached hydrogen (secondary N) is 1. The van der Waals surface area contributed by atoms with E-state index in [4.69, 9.17) is 0 Å². The summed E-state index contributed by atoms with van der Waals surface area (Å²) in [5.74, 6) is -0.157. The van der Waals surface area contributed by atoms with Gasteiger partial charge in [0.1, 0.15) is 5.56 Å². The summed E-state index contributed by atoms with van der Waals surface area (Å²) in [6.07, 6.45) is 3.45. The molecule has 6 heteroatoms. The van der Waals surface area contributed by atoms with Crippen LogP contribution in [0.2, 0.25) is 0 Å². The topological polar surface area (TPSA) is 62.5 Å². The normalized spacial score (nSPS) is 10.8. The fourth-order valence-electron chi connectivity index (χ4n) is 2.86. The maximum atomic E-state index is 12.6. The number of hydrogen-bond acceptors (Lipinski definition) is 4. The first-order valence-corrected chi connectivity index (χ1v) is 7.82. The van der Waals surface area contributed by atoms with Crippen molar-refractivity contribution in [2.45, 2.75) is 20.4 Å². The van der Waals surface area contributed by atoms with Crippen LogP contribution < -0.4 is 10.2 Å². The number of amides is 1. The Morgan fingerprint density at radius 1 is 1.29 bits per heavy atom. The Bertz CT molecular complexity index is 898. The van der Waals surface area contributed by atoms with Crippen LogP contribution in [0.5, 0.6) is 0 Å². The third-order valence-corrected chi connectivity index (χ3v) is 3.99. The Hall–Kier alpha value is -2.89. The van der Waals surface area contributed by atoms with Gasteiger partial charge in [-0.2, -0.15) is 5.10 Å². The van der Waals surface area contributed by atoms with Gasteiger partial charge in [-0.1, -0.05) is 12.1 Å². The number of carbonyl (C=O) groups is 1. The lowest BCUT2D eigenvalue weighted by atomic mass is 10.1. The Balaban J connectivity index is 1.78. The Kier molecular flexibility index (Phi) is 4.20. The number of nitrogens with zero attached hydrogens (tertiary/aromatic N) is 4. The van der Waals surface area contributed by atoms with Crippen molar-refractivity contribution in [1.29, 1.82) is 0 Å². The van der Waals surface area contributed by atoms with Crippen LogP contribution in [-0.4, -0.2) is 34.6 Å². The highest BCUT2D eigenvalue weighted by molar-refractivity contribution is 6.00. The van der Waals surface area contributed by atoms with E-state index in [0.717, 1.165) is 5.56 Å². The molecule has 3 rings (SSSR count). The smallest absolute Gasteiger partial charge is 0.257 e. The second-order valence-electron chi connectivity index (χ2n) is 6.05. The van der Waals surface area contributed by atoms with Gasteiger partial charge in [-0.05, 0) is 37.1 Å². The largest absolute Gasteiger partial charge is 0.377 e. The van der Waals surface area contributed by atoms with Gasteiger partial charge in [-0.15, -0.1) is 0 Å². The number of fused-ring (bicyclic) bond motifs is 1. The van der Waals surface area contributed by atoms with Crippen LogP contribution in [0, 0.1) is 13.8 Å². The number of carbonyl (C=O) groups excluding carboxylic acids is 1. The second-order valence-corrected chi connectivity index (χ2v) is 6.05. The average Bonchev–Trinajstić information content (AvgIpc) is 2.88. The fourth-order valence-corrected chi connectivity index (χ4v) is 2.86. The third kappa shape index (κ3) is 2.95. The summed E-state index contributed by atoms with van der Waals surface area (Å²) in [6, 6.07) is 7.98. The maximum Gasteiger partial charge on any atom is 0.257 e. The number of anilines is 1. The quantitative estimate of drug-likeness (QED) is 0.800. The van der Waals surface area contributed by atoms with Gasteiger partial charge in [-0.25, -0.2) is 9.50 Å². The Morgan fingerprint density at radius 3 is 2.79 bits per heavy atom. The molecule has 0 fully saturated rings. The highest BCUT2D eigenvalue weighted by Gasteiger charge is 2.17. The van der Waals surface area contributed by atoms with E-state index >= 15 is 0 Å². The minimum Gasteiger partial charge on any atom is -0.377 e. The molecule has 0 radical (unpaired) electrons. The van der Waals surface area contributed by atoms with E-state index in [9.17, 15) is 4.79 Å². The van der Waals surface area contributed by atoms with Crippen molar-refractivity contribution in [2.24, 2.45) is 0 Å². The molecule has 0 bridgehead atoms. The van der Waals surface area contributed by atoms with Gasteiger partial charge in [0.05, 0.1) is 5.69 Å². The van der Waals surface area contributed by atoms with Crippen molar-refractivity contribution in [1.82, 2.24) is 19.9 Å². The number of rotatable bonds is 4. The van der Waals surface area contributed by atoms with Crippen molar-refractivity contribution in [3.05, 3.63) is 59.0 Å². The first-order chi connectivity index (χ1) is 11.5. The summed E-state index contributed by atoms with van der Waals surface area (Å²) in [6.45, 7) is 4.36. The van der Waals surface area contributed by atoms with Gasteiger partial charge in [0.25, 0.3) is 5.91 Å². The van der Waals surface area contributed by atoms with Crippen LogP contribution in [0.1, 0.15) is 27.2 Å². The monoisotopic (exact) mass is 323 g/mol. The molecular weight excluding hydrogens is 302 g/mol. The highest BCUT2D eigenvalue weighted by atomic mass is 16.1. The molecule has 1 aromatic carbocycles. The lowest BCUT2D eigenvalue weighted by Gasteiger charge is -2.16. The lowest BCUT2D eigenvalue weighted by Crippen LogP contribution is -2.23. The molecule has 0 aliphatic rings. The van der Waals surface area contributed by atoms with Gasteiger partial charge in [-0.3, -0.25) is 4.79 Å². The van der Waals surface area contributed by atoms with Gasteiger partial charge in [0, 0.05) is 38.7 Å². The van der Waals surface area contributed by atoms with Crippen molar-refractivity contribution < 1.29 is 4.79 Å². The molecule has 1 N–H and O–H groups in total. The minimum absolute atomic E-state index is 0.157. The molecule has 0 atom stereocenters. The van der Waals surface area contributed by atoms with E-state index in [1.165, 1.54) is 11.3 Å². The highest BCUT2D eigenvalue weighted by Crippen LogP contribution is 2.19. The van der Waals surface area contributed by atoms with Crippen LogP contribution in [0.25, 0.3) is 5.65 Å². The number of aryl methyl sites for hydroxylation is 2. The van der Waals surface area contributed by atoms with Gasteiger partial charge < -0.3 is 10.2 Å². The molecule has 0 saturated heterocycles. The first kappa shape index (κ1) is 16.0. The van der Waals surface area contributed by atoms with Crippen LogP contribution in [0.15, 0.2) is 36.7 Å². The Morgan fingerprint density at radius 2 is 2.08 bits per heavy atom. The molecule has 0 saturated carbocycles. The summed E-state index contributed by atoms with van der Waals surface area (Å²) in [5.41, 5.74) is 5.19.